The van der Waals surface area contributed by atoms with Gasteiger partial charge in [-0.2, -0.15) is 5.10 Å². The zero-order valence-corrected chi connectivity index (χ0v) is 15.5. The molecule has 6 heteroatoms. The summed E-state index contributed by atoms with van der Waals surface area (Å²) in [7, 11) is 0. The van der Waals surface area contributed by atoms with Crippen molar-refractivity contribution in [2.75, 3.05) is 0 Å². The Morgan fingerprint density at radius 2 is 1.73 bits per heavy atom. The number of para-hydroxylation sites is 1. The van der Waals surface area contributed by atoms with Gasteiger partial charge in [0.25, 0.3) is 0 Å². The number of fused-ring (bicyclic) bond motifs is 1. The molecule has 0 aliphatic rings. The lowest BCUT2D eigenvalue weighted by Crippen LogP contribution is -2.16. The highest BCUT2D eigenvalue weighted by molar-refractivity contribution is 5.86. The van der Waals surface area contributed by atoms with Gasteiger partial charge in [-0.25, -0.2) is 14.6 Å². The van der Waals surface area contributed by atoms with Crippen molar-refractivity contribution in [3.05, 3.63) is 66.4 Å². The van der Waals surface area contributed by atoms with E-state index < -0.39 is 0 Å². The molecule has 4 rings (SSSR count). The van der Waals surface area contributed by atoms with Gasteiger partial charge in [0.05, 0.1) is 17.2 Å². The van der Waals surface area contributed by atoms with E-state index >= 15 is 0 Å². The van der Waals surface area contributed by atoms with Crippen LogP contribution in [0.25, 0.3) is 16.6 Å². The van der Waals surface area contributed by atoms with Crippen LogP contribution in [0.2, 0.25) is 0 Å². The zero-order valence-electron chi connectivity index (χ0n) is 15.5. The van der Waals surface area contributed by atoms with Crippen LogP contribution in [0.5, 0.6) is 0 Å². The van der Waals surface area contributed by atoms with E-state index in [1.807, 2.05) is 48.4 Å². The minimum Gasteiger partial charge on any atom is -0.324 e. The van der Waals surface area contributed by atoms with Crippen LogP contribution in [0.3, 0.4) is 0 Å². The molecule has 4 aromatic rings. The monoisotopic (exact) mass is 346 g/mol. The summed E-state index contributed by atoms with van der Waals surface area (Å²) >= 11 is 0. The van der Waals surface area contributed by atoms with Crippen LogP contribution in [0.4, 0.5) is 0 Å². The Bertz CT molecular complexity index is 1050. The Kier molecular flexibility index (Phi) is 4.03. The molecule has 0 unspecified atom stereocenters. The van der Waals surface area contributed by atoms with Gasteiger partial charge in [-0.05, 0) is 26.0 Å². The van der Waals surface area contributed by atoms with Gasteiger partial charge < -0.3 is 4.57 Å². The van der Waals surface area contributed by atoms with Crippen LogP contribution < -0.4 is 0 Å². The Hall–Kier alpha value is -3.02. The average Bonchev–Trinajstić information content (AvgIpc) is 3.27. The van der Waals surface area contributed by atoms with Crippen LogP contribution in [0.15, 0.2) is 48.9 Å². The maximum Gasteiger partial charge on any atom is 0.155 e. The molecule has 26 heavy (non-hydrogen) atoms. The third-order valence-electron chi connectivity index (χ3n) is 4.58. The van der Waals surface area contributed by atoms with Gasteiger partial charge in [0.1, 0.15) is 11.6 Å². The number of hydrogen-bond donors (Lipinski definition) is 0. The molecule has 0 fully saturated rings. The number of pyridine rings is 1. The molecule has 0 saturated carbocycles. The van der Waals surface area contributed by atoms with E-state index in [2.05, 4.69) is 52.5 Å². The minimum absolute atomic E-state index is 0.00932. The highest BCUT2D eigenvalue weighted by atomic mass is 15.4. The molecule has 132 valence electrons. The van der Waals surface area contributed by atoms with Gasteiger partial charge in [-0.1, -0.05) is 32.0 Å². The second kappa shape index (κ2) is 6.37. The van der Waals surface area contributed by atoms with Crippen molar-refractivity contribution in [3.8, 4) is 5.69 Å². The molecule has 1 atom stereocenters. The quantitative estimate of drug-likeness (QED) is 0.559. The molecule has 0 radical (unpaired) electrons. The van der Waals surface area contributed by atoms with Gasteiger partial charge in [-0.3, -0.25) is 4.98 Å². The second-order valence-corrected chi connectivity index (χ2v) is 6.80. The largest absolute Gasteiger partial charge is 0.324 e. The maximum absolute atomic E-state index is 4.73. The molecule has 0 N–H and O–H groups in total. The number of aromatic nitrogens is 6. The first-order valence-corrected chi connectivity index (χ1v) is 8.86. The number of imidazole rings is 1. The van der Waals surface area contributed by atoms with Gasteiger partial charge >= 0.3 is 0 Å². The topological polar surface area (TPSA) is 61.4 Å². The van der Waals surface area contributed by atoms with Gasteiger partial charge in [0.15, 0.2) is 5.82 Å². The van der Waals surface area contributed by atoms with Crippen LogP contribution in [-0.2, 0) is 0 Å². The highest BCUT2D eigenvalue weighted by Crippen LogP contribution is 2.26. The van der Waals surface area contributed by atoms with Crippen LogP contribution in [0, 0.1) is 6.92 Å². The minimum atomic E-state index is 0.00932. The normalized spacial score (nSPS) is 12.8. The molecule has 0 saturated heterocycles. The second-order valence-electron chi connectivity index (χ2n) is 6.80. The van der Waals surface area contributed by atoms with Crippen molar-refractivity contribution >= 4 is 10.9 Å². The summed E-state index contributed by atoms with van der Waals surface area (Å²) in [5.74, 6) is 3.00. The first kappa shape index (κ1) is 16.4. The molecule has 1 aromatic carbocycles. The molecule has 0 aliphatic carbocycles. The number of hydrogen-bond acceptors (Lipinski definition) is 4. The molecule has 0 amide bonds. The van der Waals surface area contributed by atoms with E-state index in [0.717, 1.165) is 34.1 Å². The zero-order chi connectivity index (χ0) is 18.3. The molecular weight excluding hydrogens is 324 g/mol. The Morgan fingerprint density at radius 1 is 0.923 bits per heavy atom. The predicted molar refractivity (Wildman–Crippen MR) is 102 cm³/mol. The lowest BCUT2D eigenvalue weighted by atomic mass is 10.1. The number of rotatable bonds is 4. The summed E-state index contributed by atoms with van der Waals surface area (Å²) in [6.45, 7) is 8.35. The maximum atomic E-state index is 4.73. The van der Waals surface area contributed by atoms with Crippen LogP contribution in [-0.4, -0.2) is 29.3 Å². The van der Waals surface area contributed by atoms with Crippen molar-refractivity contribution in [3.63, 3.8) is 0 Å². The van der Waals surface area contributed by atoms with E-state index in [4.69, 9.17) is 4.98 Å². The summed E-state index contributed by atoms with van der Waals surface area (Å²) in [4.78, 5) is 13.8. The third-order valence-corrected chi connectivity index (χ3v) is 4.58. The van der Waals surface area contributed by atoms with Crippen molar-refractivity contribution in [1.82, 2.24) is 29.3 Å². The summed E-state index contributed by atoms with van der Waals surface area (Å²) in [5.41, 5.74) is 1.86. The van der Waals surface area contributed by atoms with Gasteiger partial charge in [0.2, 0.25) is 0 Å². The van der Waals surface area contributed by atoms with Crippen LogP contribution >= 0.6 is 0 Å². The van der Waals surface area contributed by atoms with Gasteiger partial charge in [-0.15, -0.1) is 0 Å². The summed E-state index contributed by atoms with van der Waals surface area (Å²) in [6.07, 6.45) is 5.67. The Labute approximate surface area is 152 Å². The van der Waals surface area contributed by atoms with Crippen molar-refractivity contribution in [2.45, 2.75) is 39.7 Å². The standard InChI is InChI=1S/C20H22N6/c1-13(2)19-22-11-12-25(19)14(3)20-23-15(4)24-26(20)17-9-5-7-16-8-6-10-21-18(16)17/h5-14H,1-4H3/t14-/m1/s1. The number of nitrogens with zero attached hydrogens (tertiary/aromatic N) is 6. The van der Waals surface area contributed by atoms with Crippen molar-refractivity contribution in [1.29, 1.82) is 0 Å². The lowest BCUT2D eigenvalue weighted by molar-refractivity contribution is 0.539. The molecule has 0 bridgehead atoms. The van der Waals surface area contributed by atoms with E-state index in [1.54, 1.807) is 0 Å². The van der Waals surface area contributed by atoms with Crippen molar-refractivity contribution in [2.24, 2.45) is 0 Å². The van der Waals surface area contributed by atoms with E-state index in [0.29, 0.717) is 5.92 Å². The summed E-state index contributed by atoms with van der Waals surface area (Å²) < 4.78 is 4.09. The summed E-state index contributed by atoms with van der Waals surface area (Å²) in [6, 6.07) is 10.1. The first-order chi connectivity index (χ1) is 12.6. The molecular formula is C20H22N6. The van der Waals surface area contributed by atoms with E-state index in [1.165, 1.54) is 0 Å². The SMILES string of the molecule is Cc1nc([C@@H](C)n2ccnc2C(C)C)n(-c2cccc3cccnc23)n1. The molecule has 0 spiro atoms. The van der Waals surface area contributed by atoms with E-state index in [-0.39, 0.29) is 6.04 Å². The Morgan fingerprint density at radius 3 is 2.54 bits per heavy atom. The molecule has 3 heterocycles. The molecule has 3 aromatic heterocycles. The highest BCUT2D eigenvalue weighted by Gasteiger charge is 2.22. The van der Waals surface area contributed by atoms with Crippen LogP contribution in [0.1, 0.15) is 50.2 Å². The number of aryl methyl sites for hydroxylation is 1. The lowest BCUT2D eigenvalue weighted by Gasteiger charge is -2.18. The smallest absolute Gasteiger partial charge is 0.155 e. The van der Waals surface area contributed by atoms with Crippen molar-refractivity contribution < 1.29 is 0 Å². The number of benzene rings is 1. The fourth-order valence-electron chi connectivity index (χ4n) is 3.36. The predicted octanol–water partition coefficient (Wildman–Crippen LogP) is 4.05. The fourth-order valence-corrected chi connectivity index (χ4v) is 3.36. The first-order valence-electron chi connectivity index (χ1n) is 8.86. The average molecular weight is 346 g/mol. The Balaban J connectivity index is 1.89. The third kappa shape index (κ3) is 2.67. The fraction of sp³-hybridized carbons (Fsp3) is 0.300. The summed E-state index contributed by atoms with van der Waals surface area (Å²) in [5, 5.41) is 5.75. The van der Waals surface area contributed by atoms with Gasteiger partial charge in [0, 0.05) is 29.9 Å². The van der Waals surface area contributed by atoms with E-state index in [9.17, 15) is 0 Å². The molecule has 0 aliphatic heterocycles. The molecule has 6 nitrogen and oxygen atoms in total.